The van der Waals surface area contributed by atoms with E-state index in [4.69, 9.17) is 11.6 Å². The van der Waals surface area contributed by atoms with Gasteiger partial charge in [-0.2, -0.15) is 0 Å². The van der Waals surface area contributed by atoms with Crippen molar-refractivity contribution in [2.24, 2.45) is 0 Å². The summed E-state index contributed by atoms with van der Waals surface area (Å²) in [6.45, 7) is 10.4. The topological polar surface area (TPSA) is 74.2 Å². The molecule has 2 aromatic carbocycles. The Hall–Kier alpha value is -3.71. The largest absolute Gasteiger partial charge is 0.368 e. The maximum Gasteiger partial charge on any atom is 0.246 e. The van der Waals surface area contributed by atoms with Gasteiger partial charge in [0.2, 0.25) is 5.91 Å². The SMILES string of the molecule is C=CC(=O)N1CCN(c2ncnc3cc(-c4cccc5cc(NC(C)C)ncc45)c(Cl)cc23)CC1. The van der Waals surface area contributed by atoms with Crippen LogP contribution in [0.15, 0.2) is 61.6 Å². The molecule has 0 atom stereocenters. The van der Waals surface area contributed by atoms with E-state index in [0.717, 1.165) is 44.4 Å². The van der Waals surface area contributed by atoms with E-state index in [0.29, 0.717) is 37.2 Å². The van der Waals surface area contributed by atoms with Gasteiger partial charge in [0.1, 0.15) is 18.0 Å². The minimum absolute atomic E-state index is 0.0402. The zero-order valence-electron chi connectivity index (χ0n) is 19.8. The number of piperazine rings is 1. The van der Waals surface area contributed by atoms with Gasteiger partial charge >= 0.3 is 0 Å². The standard InChI is InChI=1S/C27H27ClN6O/c1-4-26(35)33-8-10-34(11-9-33)27-21-13-23(28)20(14-24(21)30-16-31-27)19-7-5-6-18-12-25(32-17(2)3)29-15-22(18)19/h4-7,12-17H,1,8-11H2,2-3H3,(H,29,32). The van der Waals surface area contributed by atoms with Gasteiger partial charge in [-0.25, -0.2) is 15.0 Å². The number of anilines is 2. The molecule has 1 fully saturated rings. The summed E-state index contributed by atoms with van der Waals surface area (Å²) < 4.78 is 0. The first-order valence-corrected chi connectivity index (χ1v) is 12.1. The number of hydrogen-bond donors (Lipinski definition) is 1. The summed E-state index contributed by atoms with van der Waals surface area (Å²) in [5, 5.41) is 7.00. The Kier molecular flexibility index (Phi) is 6.26. The van der Waals surface area contributed by atoms with Crippen LogP contribution in [0.3, 0.4) is 0 Å². The number of rotatable bonds is 5. The van der Waals surface area contributed by atoms with Gasteiger partial charge < -0.3 is 15.1 Å². The Labute approximate surface area is 209 Å². The fourth-order valence-electron chi connectivity index (χ4n) is 4.57. The lowest BCUT2D eigenvalue weighted by atomic mass is 9.98. The predicted molar refractivity (Wildman–Crippen MR) is 143 cm³/mol. The molecule has 0 spiro atoms. The van der Waals surface area contributed by atoms with Crippen LogP contribution in [0.25, 0.3) is 32.8 Å². The summed E-state index contributed by atoms with van der Waals surface area (Å²) >= 11 is 6.86. The number of hydrogen-bond acceptors (Lipinski definition) is 6. The highest BCUT2D eigenvalue weighted by atomic mass is 35.5. The van der Waals surface area contributed by atoms with Crippen molar-refractivity contribution in [3.63, 3.8) is 0 Å². The van der Waals surface area contributed by atoms with Gasteiger partial charge in [0.05, 0.1) is 5.52 Å². The average molecular weight is 487 g/mol. The number of amides is 1. The van der Waals surface area contributed by atoms with E-state index in [2.05, 4.69) is 63.8 Å². The molecule has 0 radical (unpaired) electrons. The molecule has 1 saturated heterocycles. The number of fused-ring (bicyclic) bond motifs is 2. The van der Waals surface area contributed by atoms with Crippen molar-refractivity contribution < 1.29 is 4.79 Å². The number of halogens is 1. The van der Waals surface area contributed by atoms with Crippen molar-refractivity contribution in [2.45, 2.75) is 19.9 Å². The minimum atomic E-state index is -0.0402. The molecule has 1 amide bonds. The molecule has 3 heterocycles. The van der Waals surface area contributed by atoms with E-state index in [-0.39, 0.29) is 5.91 Å². The Morgan fingerprint density at radius 3 is 2.60 bits per heavy atom. The molecule has 1 N–H and O–H groups in total. The molecule has 7 nitrogen and oxygen atoms in total. The van der Waals surface area contributed by atoms with E-state index in [1.807, 2.05) is 24.4 Å². The highest BCUT2D eigenvalue weighted by Gasteiger charge is 2.22. The van der Waals surface area contributed by atoms with Crippen LogP contribution in [0.4, 0.5) is 11.6 Å². The third-order valence-corrected chi connectivity index (χ3v) is 6.57. The van der Waals surface area contributed by atoms with Crippen molar-refractivity contribution in [1.82, 2.24) is 19.9 Å². The minimum Gasteiger partial charge on any atom is -0.368 e. The highest BCUT2D eigenvalue weighted by Crippen LogP contribution is 2.38. The predicted octanol–water partition coefficient (Wildman–Crippen LogP) is 5.15. The van der Waals surface area contributed by atoms with E-state index >= 15 is 0 Å². The second-order valence-electron chi connectivity index (χ2n) is 8.96. The number of nitrogens with one attached hydrogen (secondary N) is 1. The monoisotopic (exact) mass is 486 g/mol. The van der Waals surface area contributed by atoms with Crippen LogP contribution in [0, 0.1) is 0 Å². The zero-order valence-corrected chi connectivity index (χ0v) is 20.6. The van der Waals surface area contributed by atoms with Gasteiger partial charge in [0, 0.05) is 59.8 Å². The molecule has 178 valence electrons. The van der Waals surface area contributed by atoms with Crippen LogP contribution < -0.4 is 10.2 Å². The third-order valence-electron chi connectivity index (χ3n) is 6.26. The highest BCUT2D eigenvalue weighted by molar-refractivity contribution is 6.34. The molecule has 5 rings (SSSR count). The first-order valence-electron chi connectivity index (χ1n) is 11.7. The van der Waals surface area contributed by atoms with Gasteiger partial charge in [-0.15, -0.1) is 0 Å². The summed E-state index contributed by atoms with van der Waals surface area (Å²) in [6, 6.07) is 12.5. The van der Waals surface area contributed by atoms with Crippen LogP contribution in [-0.2, 0) is 4.79 Å². The molecule has 1 aliphatic heterocycles. The van der Waals surface area contributed by atoms with Gasteiger partial charge in [-0.05, 0) is 49.1 Å². The third kappa shape index (κ3) is 4.51. The average Bonchev–Trinajstić information content (AvgIpc) is 2.87. The van der Waals surface area contributed by atoms with Gasteiger partial charge in [-0.1, -0.05) is 36.4 Å². The van der Waals surface area contributed by atoms with E-state index < -0.39 is 0 Å². The molecular formula is C27H27ClN6O. The van der Waals surface area contributed by atoms with E-state index in [9.17, 15) is 4.79 Å². The number of benzene rings is 2. The van der Waals surface area contributed by atoms with Crippen LogP contribution >= 0.6 is 11.6 Å². The van der Waals surface area contributed by atoms with Gasteiger partial charge in [-0.3, -0.25) is 4.79 Å². The number of aromatic nitrogens is 3. The summed E-state index contributed by atoms with van der Waals surface area (Å²) in [5.74, 6) is 1.64. The summed E-state index contributed by atoms with van der Waals surface area (Å²) in [7, 11) is 0. The summed E-state index contributed by atoms with van der Waals surface area (Å²) in [4.78, 5) is 29.6. The fourth-order valence-corrected chi connectivity index (χ4v) is 4.84. The summed E-state index contributed by atoms with van der Waals surface area (Å²) in [5.41, 5.74) is 2.74. The molecule has 8 heteroatoms. The maximum absolute atomic E-state index is 11.9. The number of carbonyl (C=O) groups excluding carboxylic acids is 1. The van der Waals surface area contributed by atoms with Crippen molar-refractivity contribution in [1.29, 1.82) is 0 Å². The van der Waals surface area contributed by atoms with Crippen molar-refractivity contribution in [3.05, 3.63) is 66.6 Å². The lowest BCUT2D eigenvalue weighted by molar-refractivity contribution is -0.126. The van der Waals surface area contributed by atoms with E-state index in [1.165, 1.54) is 6.08 Å². The van der Waals surface area contributed by atoms with Gasteiger partial charge in [0.15, 0.2) is 0 Å². The molecule has 1 aliphatic rings. The van der Waals surface area contributed by atoms with Crippen LogP contribution in [-0.4, -0.2) is 58.0 Å². The van der Waals surface area contributed by atoms with Crippen LogP contribution in [0.5, 0.6) is 0 Å². The molecule has 4 aromatic rings. The summed E-state index contributed by atoms with van der Waals surface area (Å²) in [6.07, 6.45) is 4.85. The Morgan fingerprint density at radius 2 is 1.86 bits per heavy atom. The lowest BCUT2D eigenvalue weighted by Crippen LogP contribution is -2.48. The smallest absolute Gasteiger partial charge is 0.246 e. The fraction of sp³-hybridized carbons (Fsp3) is 0.259. The molecule has 0 bridgehead atoms. The lowest BCUT2D eigenvalue weighted by Gasteiger charge is -2.35. The van der Waals surface area contributed by atoms with Crippen LogP contribution in [0.1, 0.15) is 13.8 Å². The molecule has 2 aromatic heterocycles. The first kappa shape index (κ1) is 23.1. The Balaban J connectivity index is 1.52. The van der Waals surface area contributed by atoms with Crippen molar-refractivity contribution >= 4 is 50.8 Å². The van der Waals surface area contributed by atoms with Crippen molar-refractivity contribution in [2.75, 3.05) is 36.4 Å². The van der Waals surface area contributed by atoms with E-state index in [1.54, 1.807) is 11.2 Å². The number of carbonyl (C=O) groups is 1. The first-order chi connectivity index (χ1) is 16.9. The normalized spacial score (nSPS) is 14.1. The quantitative estimate of drug-likeness (QED) is 0.393. The zero-order chi connectivity index (χ0) is 24.5. The molecule has 0 aliphatic carbocycles. The van der Waals surface area contributed by atoms with Crippen molar-refractivity contribution in [3.8, 4) is 11.1 Å². The van der Waals surface area contributed by atoms with Crippen LogP contribution in [0.2, 0.25) is 5.02 Å². The molecular weight excluding hydrogens is 460 g/mol. The number of pyridine rings is 1. The number of nitrogens with zero attached hydrogens (tertiary/aromatic N) is 5. The Bertz CT molecular complexity index is 1430. The second kappa shape index (κ2) is 9.50. The second-order valence-corrected chi connectivity index (χ2v) is 9.37. The molecule has 0 unspecified atom stereocenters. The maximum atomic E-state index is 11.9. The Morgan fingerprint density at radius 1 is 1.06 bits per heavy atom. The van der Waals surface area contributed by atoms with Gasteiger partial charge in [0.25, 0.3) is 0 Å². The molecule has 0 saturated carbocycles. The molecule has 35 heavy (non-hydrogen) atoms.